The zero-order valence-electron chi connectivity index (χ0n) is 10.6. The second kappa shape index (κ2) is 5.82. The van der Waals surface area contributed by atoms with Crippen molar-refractivity contribution < 1.29 is 14.6 Å². The summed E-state index contributed by atoms with van der Waals surface area (Å²) in [5.41, 5.74) is 0.258. The first-order valence-corrected chi connectivity index (χ1v) is 7.17. The van der Waals surface area contributed by atoms with E-state index in [0.29, 0.717) is 32.6 Å². The first kappa shape index (κ1) is 13.5. The first-order valence-electron chi connectivity index (χ1n) is 6.29. The van der Waals surface area contributed by atoms with E-state index in [-0.39, 0.29) is 5.91 Å². The Balaban J connectivity index is 1.92. The monoisotopic (exact) mass is 269 g/mol. The highest BCUT2D eigenvalue weighted by Gasteiger charge is 2.30. The second-order valence-corrected chi connectivity index (χ2v) is 5.56. The van der Waals surface area contributed by atoms with Gasteiger partial charge in [0, 0.05) is 32.6 Å². The highest BCUT2D eigenvalue weighted by Crippen LogP contribution is 2.21. The molecule has 0 spiro atoms. The number of rotatable bonds is 4. The van der Waals surface area contributed by atoms with Crippen LogP contribution in [0.5, 0.6) is 0 Å². The molecule has 18 heavy (non-hydrogen) atoms. The molecule has 5 heteroatoms. The minimum absolute atomic E-state index is 0.0817. The maximum atomic E-state index is 12.0. The molecule has 0 bridgehead atoms. The van der Waals surface area contributed by atoms with Crippen molar-refractivity contribution in [3.05, 3.63) is 21.9 Å². The zero-order valence-corrected chi connectivity index (χ0v) is 11.4. The van der Waals surface area contributed by atoms with Gasteiger partial charge in [0.1, 0.15) is 0 Å². The van der Waals surface area contributed by atoms with Crippen molar-refractivity contribution in [2.75, 3.05) is 19.8 Å². The average molecular weight is 269 g/mol. The fraction of sp³-hybridized carbons (Fsp3) is 0.615. The van der Waals surface area contributed by atoms with Gasteiger partial charge in [-0.15, -0.1) is 11.3 Å². The lowest BCUT2D eigenvalue weighted by atomic mass is 9.94. The minimum Gasteiger partial charge on any atom is -0.388 e. The third-order valence-corrected chi connectivity index (χ3v) is 4.29. The Labute approximate surface area is 111 Å². The molecule has 0 aromatic carbocycles. The number of aliphatic hydroxyl groups is 1. The lowest BCUT2D eigenvalue weighted by Crippen LogP contribution is -2.46. The largest absolute Gasteiger partial charge is 0.388 e. The highest BCUT2D eigenvalue weighted by atomic mass is 32.1. The number of amides is 1. The molecule has 1 aliphatic rings. The summed E-state index contributed by atoms with van der Waals surface area (Å²) in [6.07, 6.45) is 2.01. The van der Waals surface area contributed by atoms with Gasteiger partial charge in [0.25, 0.3) is 5.91 Å². The normalized spacial score (nSPS) is 18.6. The zero-order chi connectivity index (χ0) is 13.0. The van der Waals surface area contributed by atoms with Crippen molar-refractivity contribution >= 4 is 17.2 Å². The van der Waals surface area contributed by atoms with E-state index in [1.165, 1.54) is 11.3 Å². The van der Waals surface area contributed by atoms with Crippen LogP contribution < -0.4 is 5.32 Å². The van der Waals surface area contributed by atoms with Crippen LogP contribution in [0.1, 0.15) is 35.0 Å². The van der Waals surface area contributed by atoms with Crippen molar-refractivity contribution in [1.82, 2.24) is 5.32 Å². The SMILES string of the molecule is CCc1ccsc1C(=O)NCC1(O)CCOCC1. The van der Waals surface area contributed by atoms with E-state index in [2.05, 4.69) is 5.32 Å². The van der Waals surface area contributed by atoms with Crippen LogP contribution in [-0.2, 0) is 11.2 Å². The molecule has 1 amide bonds. The third kappa shape index (κ3) is 3.10. The molecule has 4 nitrogen and oxygen atoms in total. The predicted octanol–water partition coefficient (Wildman–Crippen LogP) is 1.58. The molecule has 2 N–H and O–H groups in total. The number of carbonyl (C=O) groups is 1. The van der Waals surface area contributed by atoms with Crippen LogP contribution in [0.2, 0.25) is 0 Å². The van der Waals surface area contributed by atoms with Gasteiger partial charge < -0.3 is 15.2 Å². The van der Waals surface area contributed by atoms with Crippen molar-refractivity contribution in [3.63, 3.8) is 0 Å². The number of hydrogen-bond acceptors (Lipinski definition) is 4. The summed E-state index contributed by atoms with van der Waals surface area (Å²) in [5, 5.41) is 15.0. The molecule has 100 valence electrons. The van der Waals surface area contributed by atoms with Gasteiger partial charge in [0.15, 0.2) is 0 Å². The number of hydrogen-bond donors (Lipinski definition) is 2. The van der Waals surface area contributed by atoms with E-state index >= 15 is 0 Å². The van der Waals surface area contributed by atoms with E-state index in [1.807, 2.05) is 18.4 Å². The molecular formula is C13H19NO3S. The molecule has 1 fully saturated rings. The van der Waals surface area contributed by atoms with Crippen LogP contribution in [0.3, 0.4) is 0 Å². The van der Waals surface area contributed by atoms with Gasteiger partial charge in [-0.3, -0.25) is 4.79 Å². The van der Waals surface area contributed by atoms with Gasteiger partial charge in [-0.2, -0.15) is 0 Å². The summed E-state index contributed by atoms with van der Waals surface area (Å²) in [5.74, 6) is -0.0817. The molecule has 1 aromatic heterocycles. The number of nitrogens with one attached hydrogen (secondary N) is 1. The van der Waals surface area contributed by atoms with Crippen LogP contribution >= 0.6 is 11.3 Å². The van der Waals surface area contributed by atoms with E-state index in [9.17, 15) is 9.90 Å². The molecule has 0 atom stereocenters. The molecule has 0 saturated carbocycles. The van der Waals surface area contributed by atoms with Gasteiger partial charge in [-0.05, 0) is 23.4 Å². The van der Waals surface area contributed by atoms with Crippen LogP contribution in [0.4, 0.5) is 0 Å². The molecule has 1 aliphatic heterocycles. The van der Waals surface area contributed by atoms with Crippen LogP contribution in [0, 0.1) is 0 Å². The smallest absolute Gasteiger partial charge is 0.261 e. The maximum Gasteiger partial charge on any atom is 0.261 e. The van der Waals surface area contributed by atoms with E-state index < -0.39 is 5.60 Å². The predicted molar refractivity (Wildman–Crippen MR) is 71.0 cm³/mol. The maximum absolute atomic E-state index is 12.0. The van der Waals surface area contributed by atoms with Crippen LogP contribution in [0.15, 0.2) is 11.4 Å². The fourth-order valence-electron chi connectivity index (χ4n) is 2.07. The summed E-state index contributed by atoms with van der Waals surface area (Å²) in [4.78, 5) is 12.8. The minimum atomic E-state index is -0.808. The van der Waals surface area contributed by atoms with Crippen molar-refractivity contribution in [3.8, 4) is 0 Å². The molecule has 0 unspecified atom stereocenters. The Bertz CT molecular complexity index is 410. The first-order chi connectivity index (χ1) is 8.64. The summed E-state index contributed by atoms with van der Waals surface area (Å²) in [6, 6.07) is 1.97. The van der Waals surface area contributed by atoms with E-state index in [4.69, 9.17) is 4.74 Å². The summed E-state index contributed by atoms with van der Waals surface area (Å²) in [6.45, 7) is 3.46. The van der Waals surface area contributed by atoms with Gasteiger partial charge in [-0.25, -0.2) is 0 Å². The second-order valence-electron chi connectivity index (χ2n) is 4.65. The Hall–Kier alpha value is -0.910. The Kier molecular flexibility index (Phi) is 4.37. The van der Waals surface area contributed by atoms with Crippen molar-refractivity contribution in [2.24, 2.45) is 0 Å². The molecule has 2 heterocycles. The lowest BCUT2D eigenvalue weighted by molar-refractivity contribution is -0.0605. The Morgan fingerprint density at radius 1 is 1.56 bits per heavy atom. The molecule has 0 aliphatic carbocycles. The Morgan fingerprint density at radius 3 is 2.94 bits per heavy atom. The average Bonchev–Trinajstić information content (AvgIpc) is 2.85. The Morgan fingerprint density at radius 2 is 2.28 bits per heavy atom. The van der Waals surface area contributed by atoms with Crippen molar-refractivity contribution in [1.29, 1.82) is 0 Å². The fourth-order valence-corrected chi connectivity index (χ4v) is 2.98. The van der Waals surface area contributed by atoms with Gasteiger partial charge >= 0.3 is 0 Å². The van der Waals surface area contributed by atoms with Gasteiger partial charge in [-0.1, -0.05) is 6.92 Å². The van der Waals surface area contributed by atoms with E-state index in [1.54, 1.807) is 0 Å². The molecule has 0 radical (unpaired) electrons. The van der Waals surface area contributed by atoms with Gasteiger partial charge in [0.2, 0.25) is 0 Å². The van der Waals surface area contributed by atoms with E-state index in [0.717, 1.165) is 16.9 Å². The van der Waals surface area contributed by atoms with Gasteiger partial charge in [0.05, 0.1) is 10.5 Å². The van der Waals surface area contributed by atoms with Crippen LogP contribution in [0.25, 0.3) is 0 Å². The lowest BCUT2D eigenvalue weighted by Gasteiger charge is -2.32. The topological polar surface area (TPSA) is 58.6 Å². The number of aryl methyl sites for hydroxylation is 1. The summed E-state index contributed by atoms with van der Waals surface area (Å²) < 4.78 is 5.21. The summed E-state index contributed by atoms with van der Waals surface area (Å²) >= 11 is 1.45. The standard InChI is InChI=1S/C13H19NO3S/c1-2-10-3-8-18-11(10)12(15)14-9-13(16)4-6-17-7-5-13/h3,8,16H,2,4-7,9H2,1H3,(H,14,15). The molecule has 2 rings (SSSR count). The van der Waals surface area contributed by atoms with Crippen molar-refractivity contribution in [2.45, 2.75) is 31.8 Å². The van der Waals surface area contributed by atoms with Crippen LogP contribution in [-0.4, -0.2) is 36.4 Å². The summed E-state index contributed by atoms with van der Waals surface area (Å²) in [7, 11) is 0. The molecule has 1 aromatic rings. The number of ether oxygens (including phenoxy) is 1. The third-order valence-electron chi connectivity index (χ3n) is 3.34. The quantitative estimate of drug-likeness (QED) is 0.872. The molecular weight excluding hydrogens is 250 g/mol. The number of thiophene rings is 1. The molecule has 1 saturated heterocycles. The highest BCUT2D eigenvalue weighted by molar-refractivity contribution is 7.12. The number of carbonyl (C=O) groups excluding carboxylic acids is 1.